The molecule has 6 nitrogen and oxygen atoms in total. The zero-order valence-corrected chi connectivity index (χ0v) is 13.1. The Labute approximate surface area is 130 Å². The van der Waals surface area contributed by atoms with Gasteiger partial charge in [-0.25, -0.2) is 9.99 Å². The van der Waals surface area contributed by atoms with Crippen molar-refractivity contribution in [2.75, 3.05) is 25.5 Å². The van der Waals surface area contributed by atoms with Crippen molar-refractivity contribution in [2.24, 2.45) is 5.10 Å². The number of aromatic nitrogens is 1. The monoisotopic (exact) mass is 297 g/mol. The Morgan fingerprint density at radius 1 is 1.45 bits per heavy atom. The van der Waals surface area contributed by atoms with Gasteiger partial charge in [-0.05, 0) is 30.2 Å². The van der Waals surface area contributed by atoms with Crippen LogP contribution in [-0.4, -0.2) is 42.3 Å². The predicted molar refractivity (Wildman–Crippen MR) is 86.2 cm³/mol. The summed E-state index contributed by atoms with van der Waals surface area (Å²) < 4.78 is 0. The molecule has 1 aliphatic rings. The molecule has 2 rings (SSSR count). The van der Waals surface area contributed by atoms with Crippen molar-refractivity contribution in [3.05, 3.63) is 29.5 Å². The van der Waals surface area contributed by atoms with Gasteiger partial charge < -0.3 is 4.90 Å². The maximum absolute atomic E-state index is 11.9. The number of rotatable bonds is 5. The van der Waals surface area contributed by atoms with Gasteiger partial charge in [0.15, 0.2) is 5.71 Å². The normalized spacial score (nSPS) is 15.9. The van der Waals surface area contributed by atoms with Crippen LogP contribution in [0.4, 0.5) is 5.82 Å². The van der Waals surface area contributed by atoms with Crippen LogP contribution >= 0.6 is 0 Å². The van der Waals surface area contributed by atoms with Crippen LogP contribution in [0.1, 0.15) is 25.3 Å². The number of hydrogen-bond donors (Lipinski definition) is 0. The largest absolute Gasteiger partial charge is 0.360 e. The lowest BCUT2D eigenvalue weighted by Crippen LogP contribution is -2.19. The molecular weight excluding hydrogens is 278 g/mol. The van der Waals surface area contributed by atoms with Gasteiger partial charge in [-0.15, -0.1) is 0 Å². The summed E-state index contributed by atoms with van der Waals surface area (Å²) in [6.07, 6.45) is 5.61. The van der Waals surface area contributed by atoms with Crippen LogP contribution in [-0.2, 0) is 4.79 Å². The number of hydrazone groups is 1. The number of nitrogens with zero attached hydrogens (tertiary/aromatic N) is 5. The van der Waals surface area contributed by atoms with Crippen LogP contribution < -0.4 is 4.90 Å². The lowest BCUT2D eigenvalue weighted by Gasteiger charge is -2.17. The van der Waals surface area contributed by atoms with Gasteiger partial charge >= 0.3 is 0 Å². The molecular formula is C16H19N5O. The first kappa shape index (κ1) is 15.7. The topological polar surface area (TPSA) is 72.6 Å². The minimum Gasteiger partial charge on any atom is -0.360 e. The van der Waals surface area contributed by atoms with E-state index in [0.29, 0.717) is 5.57 Å². The van der Waals surface area contributed by atoms with Gasteiger partial charge in [0.2, 0.25) is 0 Å². The first-order valence-corrected chi connectivity index (χ1v) is 7.22. The van der Waals surface area contributed by atoms with E-state index in [4.69, 9.17) is 5.26 Å². The second-order valence-corrected chi connectivity index (χ2v) is 5.17. The standard InChI is InChI=1S/C16H19N5O/c1-4-5-8-20(2)15-7-6-12(11-18-15)9-13-14(10-17)19-21(3)16(13)22/h6-7,9,11H,4-5,8H2,1-3H3. The number of anilines is 1. The molecule has 0 atom stereocenters. The third kappa shape index (κ3) is 3.31. The first-order valence-electron chi connectivity index (χ1n) is 7.22. The number of nitriles is 1. The summed E-state index contributed by atoms with van der Waals surface area (Å²) >= 11 is 0. The number of amides is 1. The lowest BCUT2D eigenvalue weighted by molar-refractivity contribution is -0.124. The molecule has 2 heterocycles. The summed E-state index contributed by atoms with van der Waals surface area (Å²) in [6.45, 7) is 3.11. The molecule has 114 valence electrons. The molecule has 0 spiro atoms. The van der Waals surface area contributed by atoms with E-state index in [0.717, 1.165) is 30.8 Å². The molecule has 1 aromatic rings. The molecule has 0 saturated carbocycles. The number of carbonyl (C=O) groups is 1. The van der Waals surface area contributed by atoms with Gasteiger partial charge in [-0.1, -0.05) is 13.3 Å². The Balaban J connectivity index is 2.18. The van der Waals surface area contributed by atoms with Gasteiger partial charge in [0.25, 0.3) is 5.91 Å². The SMILES string of the molecule is CCCCN(C)c1ccc(C=C2C(=O)N(C)N=C2C#N)cn1. The van der Waals surface area contributed by atoms with Crippen LogP contribution in [0.3, 0.4) is 0 Å². The fourth-order valence-electron chi connectivity index (χ4n) is 2.12. The Morgan fingerprint density at radius 2 is 2.23 bits per heavy atom. The van der Waals surface area contributed by atoms with Gasteiger partial charge in [-0.2, -0.15) is 10.4 Å². The van der Waals surface area contributed by atoms with Crippen molar-refractivity contribution in [3.8, 4) is 6.07 Å². The molecule has 22 heavy (non-hydrogen) atoms. The second kappa shape index (κ2) is 6.85. The molecule has 0 unspecified atom stereocenters. The molecule has 1 amide bonds. The Bertz CT molecular complexity index is 654. The molecule has 0 N–H and O–H groups in total. The first-order chi connectivity index (χ1) is 10.6. The van der Waals surface area contributed by atoms with Crippen molar-refractivity contribution in [1.29, 1.82) is 5.26 Å². The maximum Gasteiger partial charge on any atom is 0.276 e. The summed E-state index contributed by atoms with van der Waals surface area (Å²) in [5.41, 5.74) is 1.21. The fraction of sp³-hybridized carbons (Fsp3) is 0.375. The molecule has 1 aromatic heterocycles. The van der Waals surface area contributed by atoms with Crippen molar-refractivity contribution >= 4 is 23.5 Å². The number of pyridine rings is 1. The summed E-state index contributed by atoms with van der Waals surface area (Å²) in [6, 6.07) is 5.74. The van der Waals surface area contributed by atoms with E-state index in [1.165, 1.54) is 12.1 Å². The Hall–Kier alpha value is -2.68. The number of hydrogen-bond acceptors (Lipinski definition) is 5. The highest BCUT2D eigenvalue weighted by atomic mass is 16.2. The van der Waals surface area contributed by atoms with Crippen LogP contribution in [0.2, 0.25) is 0 Å². The number of unbranched alkanes of at least 4 members (excludes halogenated alkanes) is 1. The minimum absolute atomic E-state index is 0.136. The fourth-order valence-corrected chi connectivity index (χ4v) is 2.12. The van der Waals surface area contributed by atoms with Gasteiger partial charge in [0.1, 0.15) is 11.9 Å². The van der Waals surface area contributed by atoms with Crippen molar-refractivity contribution < 1.29 is 4.79 Å². The van der Waals surface area contributed by atoms with E-state index < -0.39 is 0 Å². The van der Waals surface area contributed by atoms with Gasteiger partial charge in [0.05, 0.1) is 5.57 Å². The second-order valence-electron chi connectivity index (χ2n) is 5.17. The average molecular weight is 297 g/mol. The molecule has 6 heteroatoms. The number of carbonyl (C=O) groups excluding carboxylic acids is 1. The zero-order chi connectivity index (χ0) is 16.1. The summed E-state index contributed by atoms with van der Waals surface area (Å²) in [5.74, 6) is 0.611. The lowest BCUT2D eigenvalue weighted by atomic mass is 10.1. The Kier molecular flexibility index (Phi) is 4.89. The van der Waals surface area contributed by atoms with Gasteiger partial charge in [-0.3, -0.25) is 4.79 Å². The molecule has 0 aliphatic carbocycles. The molecule has 0 saturated heterocycles. The van der Waals surface area contributed by atoms with E-state index in [1.54, 1.807) is 12.3 Å². The van der Waals surface area contributed by atoms with Crippen LogP contribution in [0.15, 0.2) is 29.0 Å². The smallest absolute Gasteiger partial charge is 0.276 e. The van der Waals surface area contributed by atoms with Crippen LogP contribution in [0.25, 0.3) is 6.08 Å². The van der Waals surface area contributed by atoms with Crippen molar-refractivity contribution in [2.45, 2.75) is 19.8 Å². The Morgan fingerprint density at radius 3 is 2.82 bits per heavy atom. The highest BCUT2D eigenvalue weighted by molar-refractivity contribution is 6.32. The average Bonchev–Trinajstić information content (AvgIpc) is 2.81. The zero-order valence-electron chi connectivity index (χ0n) is 13.1. The number of likely N-dealkylation sites (N-methyl/N-ethyl adjacent to an activating group) is 1. The highest BCUT2D eigenvalue weighted by Crippen LogP contribution is 2.18. The van der Waals surface area contributed by atoms with Crippen molar-refractivity contribution in [1.82, 2.24) is 9.99 Å². The molecule has 0 fully saturated rings. The summed E-state index contributed by atoms with van der Waals surface area (Å²) in [5, 5.41) is 14.1. The van der Waals surface area contributed by atoms with Crippen LogP contribution in [0.5, 0.6) is 0 Å². The third-order valence-electron chi connectivity index (χ3n) is 3.46. The van der Waals surface area contributed by atoms with E-state index in [-0.39, 0.29) is 11.6 Å². The molecule has 0 aromatic carbocycles. The minimum atomic E-state index is -0.277. The third-order valence-corrected chi connectivity index (χ3v) is 3.46. The quantitative estimate of drug-likeness (QED) is 0.780. The highest BCUT2D eigenvalue weighted by Gasteiger charge is 2.27. The van der Waals surface area contributed by atoms with E-state index in [2.05, 4.69) is 21.9 Å². The molecule has 1 aliphatic heterocycles. The summed E-state index contributed by atoms with van der Waals surface area (Å²) in [4.78, 5) is 18.4. The molecule has 0 bridgehead atoms. The molecule has 0 radical (unpaired) electrons. The van der Waals surface area contributed by atoms with E-state index >= 15 is 0 Å². The van der Waals surface area contributed by atoms with Gasteiger partial charge in [0, 0.05) is 26.8 Å². The van der Waals surface area contributed by atoms with E-state index in [1.807, 2.05) is 25.2 Å². The van der Waals surface area contributed by atoms with E-state index in [9.17, 15) is 4.79 Å². The van der Waals surface area contributed by atoms with Crippen molar-refractivity contribution in [3.63, 3.8) is 0 Å². The maximum atomic E-state index is 11.9. The van der Waals surface area contributed by atoms with Crippen LogP contribution in [0, 0.1) is 11.3 Å². The summed E-state index contributed by atoms with van der Waals surface area (Å²) in [7, 11) is 3.54. The predicted octanol–water partition coefficient (Wildman–Crippen LogP) is 2.05.